The first-order chi connectivity index (χ1) is 11.5. The van der Waals surface area contributed by atoms with Crippen LogP contribution in [0.2, 0.25) is 0 Å². The summed E-state index contributed by atoms with van der Waals surface area (Å²) in [6.07, 6.45) is 5.86. The Kier molecular flexibility index (Phi) is 4.23. The molecule has 0 N–H and O–H groups in total. The highest BCUT2D eigenvalue weighted by atomic mass is 79.9. The van der Waals surface area contributed by atoms with Crippen LogP contribution in [0.4, 0.5) is 0 Å². The largest absolute Gasteiger partial charge is 0.342 e. The van der Waals surface area contributed by atoms with Crippen LogP contribution in [0.15, 0.2) is 4.47 Å². The van der Waals surface area contributed by atoms with Crippen molar-refractivity contribution in [1.29, 1.82) is 0 Å². The van der Waals surface area contributed by atoms with Crippen LogP contribution >= 0.6 is 15.9 Å². The molecule has 1 saturated carbocycles. The average molecular weight is 395 g/mol. The van der Waals surface area contributed by atoms with Crippen LogP contribution in [0, 0.1) is 18.3 Å². The van der Waals surface area contributed by atoms with Crippen molar-refractivity contribution in [3.8, 4) is 0 Å². The lowest BCUT2D eigenvalue weighted by molar-refractivity contribution is -0.132. The first-order valence-electron chi connectivity index (χ1n) is 9.19. The Balaban J connectivity index is 1.33. The summed E-state index contributed by atoms with van der Waals surface area (Å²) in [5.41, 5.74) is 2.64. The number of likely N-dealkylation sites (tertiary alicyclic amines) is 2. The van der Waals surface area contributed by atoms with Crippen LogP contribution in [-0.2, 0) is 18.4 Å². The van der Waals surface area contributed by atoms with Gasteiger partial charge in [0.25, 0.3) is 0 Å². The van der Waals surface area contributed by atoms with Gasteiger partial charge in [-0.25, -0.2) is 0 Å². The van der Waals surface area contributed by atoms with Gasteiger partial charge in [-0.15, -0.1) is 0 Å². The number of hydrogen-bond acceptors (Lipinski definition) is 3. The van der Waals surface area contributed by atoms with E-state index in [9.17, 15) is 4.79 Å². The predicted molar refractivity (Wildman–Crippen MR) is 96.5 cm³/mol. The summed E-state index contributed by atoms with van der Waals surface area (Å²) in [6.45, 7) is 7.16. The molecular formula is C18H27BrN4O. The molecule has 5 nitrogen and oxygen atoms in total. The van der Waals surface area contributed by atoms with Crippen LogP contribution in [0.25, 0.3) is 0 Å². The molecule has 1 atom stereocenters. The Morgan fingerprint density at radius 3 is 2.50 bits per heavy atom. The van der Waals surface area contributed by atoms with Crippen molar-refractivity contribution in [2.75, 3.05) is 26.2 Å². The van der Waals surface area contributed by atoms with Crippen LogP contribution in [-0.4, -0.2) is 51.7 Å². The molecule has 1 spiro atoms. The van der Waals surface area contributed by atoms with E-state index >= 15 is 0 Å². The maximum Gasteiger partial charge on any atom is 0.226 e. The zero-order chi connectivity index (χ0) is 16.9. The summed E-state index contributed by atoms with van der Waals surface area (Å²) >= 11 is 3.67. The van der Waals surface area contributed by atoms with Crippen molar-refractivity contribution in [2.24, 2.45) is 18.4 Å². The number of halogens is 1. The third-order valence-corrected chi connectivity index (χ3v) is 7.42. The van der Waals surface area contributed by atoms with Gasteiger partial charge < -0.3 is 4.90 Å². The Bertz CT molecular complexity index is 642. The monoisotopic (exact) mass is 394 g/mol. The molecule has 0 radical (unpaired) electrons. The molecule has 3 aliphatic rings. The van der Waals surface area contributed by atoms with Crippen molar-refractivity contribution >= 4 is 21.8 Å². The number of nitrogens with zero attached hydrogens (tertiary/aromatic N) is 4. The minimum Gasteiger partial charge on any atom is -0.342 e. The topological polar surface area (TPSA) is 41.4 Å². The maximum absolute atomic E-state index is 12.6. The normalized spacial score (nSPS) is 26.3. The number of rotatable bonds is 3. The van der Waals surface area contributed by atoms with Gasteiger partial charge in [-0.05, 0) is 73.5 Å². The third kappa shape index (κ3) is 2.81. The van der Waals surface area contributed by atoms with E-state index in [0.29, 0.717) is 17.2 Å². The molecule has 1 unspecified atom stereocenters. The SMILES string of the molecule is Cc1nn(C)c(CN2CCC3(CC2)CC3C(=O)N2CCCC2)c1Br. The summed E-state index contributed by atoms with van der Waals surface area (Å²) in [6, 6.07) is 0. The summed E-state index contributed by atoms with van der Waals surface area (Å²) in [5, 5.41) is 4.49. The van der Waals surface area contributed by atoms with Gasteiger partial charge in [-0.3, -0.25) is 14.4 Å². The van der Waals surface area contributed by atoms with Crippen molar-refractivity contribution < 1.29 is 4.79 Å². The lowest BCUT2D eigenvalue weighted by Crippen LogP contribution is -2.37. The van der Waals surface area contributed by atoms with E-state index in [1.165, 1.54) is 31.4 Å². The second kappa shape index (κ2) is 6.13. The van der Waals surface area contributed by atoms with Gasteiger partial charge in [-0.1, -0.05) is 0 Å². The molecule has 4 rings (SSSR count). The highest BCUT2D eigenvalue weighted by Crippen LogP contribution is 2.60. The van der Waals surface area contributed by atoms with Gasteiger partial charge in [0.15, 0.2) is 0 Å². The number of amides is 1. The number of aromatic nitrogens is 2. The fraction of sp³-hybridized carbons (Fsp3) is 0.778. The zero-order valence-corrected chi connectivity index (χ0v) is 16.3. The molecule has 1 amide bonds. The Morgan fingerprint density at radius 1 is 1.25 bits per heavy atom. The van der Waals surface area contributed by atoms with Gasteiger partial charge in [0, 0.05) is 32.6 Å². The molecular weight excluding hydrogens is 368 g/mol. The summed E-state index contributed by atoms with van der Waals surface area (Å²) in [5.74, 6) is 0.773. The molecule has 3 heterocycles. The van der Waals surface area contributed by atoms with Gasteiger partial charge >= 0.3 is 0 Å². The molecule has 3 fully saturated rings. The number of carbonyl (C=O) groups is 1. The fourth-order valence-corrected chi connectivity index (χ4v) is 5.09. The smallest absolute Gasteiger partial charge is 0.226 e. The van der Waals surface area contributed by atoms with Gasteiger partial charge in [0.2, 0.25) is 5.91 Å². The van der Waals surface area contributed by atoms with Gasteiger partial charge in [0.05, 0.1) is 15.9 Å². The lowest BCUT2D eigenvalue weighted by Gasteiger charge is -2.33. The Morgan fingerprint density at radius 2 is 1.92 bits per heavy atom. The Hall–Kier alpha value is -0.880. The molecule has 2 saturated heterocycles. The van der Waals surface area contributed by atoms with Crippen molar-refractivity contribution in [3.63, 3.8) is 0 Å². The zero-order valence-electron chi connectivity index (χ0n) is 14.7. The van der Waals surface area contributed by atoms with E-state index in [-0.39, 0.29) is 0 Å². The van der Waals surface area contributed by atoms with E-state index < -0.39 is 0 Å². The first kappa shape index (κ1) is 16.6. The van der Waals surface area contributed by atoms with Gasteiger partial charge in [-0.2, -0.15) is 5.10 Å². The van der Waals surface area contributed by atoms with Gasteiger partial charge in [0.1, 0.15) is 0 Å². The van der Waals surface area contributed by atoms with E-state index in [1.807, 2.05) is 18.7 Å². The highest BCUT2D eigenvalue weighted by molar-refractivity contribution is 9.10. The minimum absolute atomic E-state index is 0.323. The molecule has 1 aromatic heterocycles. The second-order valence-electron chi connectivity index (χ2n) is 7.90. The summed E-state index contributed by atoms with van der Waals surface area (Å²) in [7, 11) is 2.02. The fourth-order valence-electron chi connectivity index (χ4n) is 4.63. The molecule has 24 heavy (non-hydrogen) atoms. The molecule has 132 valence electrons. The van der Waals surface area contributed by atoms with Crippen molar-refractivity contribution in [2.45, 2.75) is 45.6 Å². The molecule has 2 aliphatic heterocycles. The third-order valence-electron chi connectivity index (χ3n) is 6.39. The van der Waals surface area contributed by atoms with Crippen molar-refractivity contribution in [3.05, 3.63) is 15.9 Å². The maximum atomic E-state index is 12.6. The number of aryl methyl sites for hydroxylation is 2. The average Bonchev–Trinajstić information content (AvgIpc) is 2.92. The van der Waals surface area contributed by atoms with Crippen LogP contribution in [0.5, 0.6) is 0 Å². The van der Waals surface area contributed by atoms with E-state index in [2.05, 4.69) is 30.8 Å². The van der Waals surface area contributed by atoms with Crippen molar-refractivity contribution in [1.82, 2.24) is 19.6 Å². The molecule has 1 aliphatic carbocycles. The lowest BCUT2D eigenvalue weighted by atomic mass is 9.90. The van der Waals surface area contributed by atoms with Crippen LogP contribution in [0.1, 0.15) is 43.5 Å². The highest BCUT2D eigenvalue weighted by Gasteiger charge is 2.59. The predicted octanol–water partition coefficient (Wildman–Crippen LogP) is 2.72. The van der Waals surface area contributed by atoms with E-state index in [4.69, 9.17) is 0 Å². The number of piperidine rings is 1. The quantitative estimate of drug-likeness (QED) is 0.791. The summed E-state index contributed by atoms with van der Waals surface area (Å²) < 4.78 is 3.12. The molecule has 0 aromatic carbocycles. The molecule has 0 bridgehead atoms. The standard InChI is InChI=1S/C18H27BrN4O/c1-13-16(19)15(21(2)20-13)12-22-9-5-18(6-10-22)11-14(18)17(24)23-7-3-4-8-23/h14H,3-12H2,1-2H3. The Labute approximate surface area is 152 Å². The summed E-state index contributed by atoms with van der Waals surface area (Å²) in [4.78, 5) is 17.3. The van der Waals surface area contributed by atoms with E-state index in [1.54, 1.807) is 0 Å². The first-order valence-corrected chi connectivity index (χ1v) is 9.99. The minimum atomic E-state index is 0.323. The molecule has 1 aromatic rings. The second-order valence-corrected chi connectivity index (χ2v) is 8.69. The van der Waals surface area contributed by atoms with Crippen LogP contribution in [0.3, 0.4) is 0 Å². The number of hydrogen-bond donors (Lipinski definition) is 0. The van der Waals surface area contributed by atoms with E-state index in [0.717, 1.165) is 49.3 Å². The number of carbonyl (C=O) groups excluding carboxylic acids is 1. The molecule has 6 heteroatoms. The van der Waals surface area contributed by atoms with Crippen LogP contribution < -0.4 is 0 Å².